The maximum absolute atomic E-state index is 13.8. The molecular formula is C28H34N2O4. The lowest BCUT2D eigenvalue weighted by molar-refractivity contribution is -0.148. The lowest BCUT2D eigenvalue weighted by Gasteiger charge is -2.43. The number of phenolic OH excluding ortho intramolecular Hbond substituents is 1. The fraction of sp³-hybridized carbons (Fsp3) is 0.429. The molecule has 180 valence electrons. The van der Waals surface area contributed by atoms with Crippen molar-refractivity contribution >= 4 is 17.4 Å². The third-order valence-corrected chi connectivity index (χ3v) is 6.99. The van der Waals surface area contributed by atoms with Crippen LogP contribution in [0.25, 0.3) is 5.57 Å². The van der Waals surface area contributed by atoms with Crippen molar-refractivity contribution in [2.75, 3.05) is 26.7 Å². The molecule has 34 heavy (non-hydrogen) atoms. The Morgan fingerprint density at radius 3 is 2.56 bits per heavy atom. The fourth-order valence-electron chi connectivity index (χ4n) is 5.14. The highest BCUT2D eigenvalue weighted by molar-refractivity contribution is 5.86. The number of unbranched alkanes of at least 4 members (excludes halogenated alkanes) is 1. The molecule has 0 spiro atoms. The second kappa shape index (κ2) is 10.8. The predicted octanol–water partition coefficient (Wildman–Crippen LogP) is 4.80. The number of hydrogen-bond acceptors (Lipinski definition) is 4. The third-order valence-electron chi connectivity index (χ3n) is 6.99. The summed E-state index contributed by atoms with van der Waals surface area (Å²) in [5.41, 5.74) is 3.17. The van der Waals surface area contributed by atoms with Crippen LogP contribution in [0, 0.1) is 5.92 Å². The Morgan fingerprint density at radius 1 is 1.12 bits per heavy atom. The van der Waals surface area contributed by atoms with Crippen LogP contribution < -0.4 is 4.74 Å². The number of carbonyl (C=O) groups excluding carboxylic acids is 2. The van der Waals surface area contributed by atoms with Crippen molar-refractivity contribution in [3.63, 3.8) is 0 Å². The number of para-hydroxylation sites is 1. The molecule has 6 heteroatoms. The van der Waals surface area contributed by atoms with Crippen LogP contribution in [-0.2, 0) is 9.59 Å². The molecule has 4 rings (SSSR count). The highest BCUT2D eigenvalue weighted by Crippen LogP contribution is 2.42. The zero-order chi connectivity index (χ0) is 24.1. The van der Waals surface area contributed by atoms with Gasteiger partial charge in [-0.15, -0.1) is 0 Å². The molecule has 0 saturated carbocycles. The summed E-state index contributed by atoms with van der Waals surface area (Å²) >= 11 is 0. The first-order chi connectivity index (χ1) is 16.5. The van der Waals surface area contributed by atoms with Crippen LogP contribution in [0.15, 0.2) is 54.6 Å². The molecule has 2 aromatic carbocycles. The Kier molecular flexibility index (Phi) is 7.56. The highest BCUT2D eigenvalue weighted by Gasteiger charge is 2.43. The molecule has 2 atom stereocenters. The molecular weight excluding hydrogens is 428 g/mol. The average Bonchev–Trinajstić information content (AvgIpc) is 2.88. The molecule has 2 heterocycles. The first kappa shape index (κ1) is 23.9. The third kappa shape index (κ3) is 4.96. The average molecular weight is 463 g/mol. The van der Waals surface area contributed by atoms with Gasteiger partial charge in [0.15, 0.2) is 0 Å². The van der Waals surface area contributed by atoms with E-state index in [9.17, 15) is 14.7 Å². The molecule has 2 aromatic rings. The van der Waals surface area contributed by atoms with Crippen molar-refractivity contribution in [2.45, 2.75) is 45.1 Å². The van der Waals surface area contributed by atoms with Crippen molar-refractivity contribution in [2.24, 2.45) is 5.92 Å². The van der Waals surface area contributed by atoms with E-state index >= 15 is 0 Å². The number of piperidine rings is 1. The van der Waals surface area contributed by atoms with E-state index in [-0.39, 0.29) is 29.5 Å². The van der Waals surface area contributed by atoms with Crippen molar-refractivity contribution in [1.29, 1.82) is 0 Å². The first-order valence-electron chi connectivity index (χ1n) is 12.2. The van der Waals surface area contributed by atoms with Gasteiger partial charge in [0.1, 0.15) is 11.5 Å². The normalized spacial score (nSPS) is 20.8. The quantitative estimate of drug-likeness (QED) is 0.642. The van der Waals surface area contributed by atoms with Crippen molar-refractivity contribution in [3.05, 3.63) is 65.7 Å². The fourth-order valence-corrected chi connectivity index (χ4v) is 5.14. The van der Waals surface area contributed by atoms with Gasteiger partial charge in [-0.1, -0.05) is 49.8 Å². The van der Waals surface area contributed by atoms with Crippen LogP contribution >= 0.6 is 0 Å². The van der Waals surface area contributed by atoms with E-state index in [4.69, 9.17) is 4.74 Å². The topological polar surface area (TPSA) is 70.1 Å². The van der Waals surface area contributed by atoms with Gasteiger partial charge in [0, 0.05) is 31.6 Å². The van der Waals surface area contributed by atoms with Crippen molar-refractivity contribution < 1.29 is 19.4 Å². The van der Waals surface area contributed by atoms with Crippen molar-refractivity contribution in [1.82, 2.24) is 9.80 Å². The summed E-state index contributed by atoms with van der Waals surface area (Å²) in [5.74, 6) is 0.885. The minimum Gasteiger partial charge on any atom is -0.508 e. The molecule has 2 aliphatic rings. The molecule has 0 bridgehead atoms. The Labute approximate surface area is 201 Å². The minimum atomic E-state index is -0.320. The number of methoxy groups -OCH3 is 1. The van der Waals surface area contributed by atoms with Gasteiger partial charge in [-0.2, -0.15) is 0 Å². The van der Waals surface area contributed by atoms with E-state index in [2.05, 4.69) is 13.0 Å². The smallest absolute Gasteiger partial charge is 0.228 e. The number of amides is 2. The van der Waals surface area contributed by atoms with E-state index in [1.54, 1.807) is 19.2 Å². The molecule has 0 aliphatic carbocycles. The zero-order valence-corrected chi connectivity index (χ0v) is 20.1. The summed E-state index contributed by atoms with van der Waals surface area (Å²) in [6.07, 6.45) is 5.71. The SMILES string of the molecule is CCCCN1C(=O)CCC(C(=O)N2CC=C(c3ccc(O)cc3)CC2)C1c1ccccc1OC. The largest absolute Gasteiger partial charge is 0.508 e. The van der Waals surface area contributed by atoms with Gasteiger partial charge in [0.2, 0.25) is 11.8 Å². The predicted molar refractivity (Wildman–Crippen MR) is 132 cm³/mol. The van der Waals surface area contributed by atoms with Gasteiger partial charge in [0.05, 0.1) is 19.1 Å². The minimum absolute atomic E-state index is 0.103. The van der Waals surface area contributed by atoms with Crippen LogP contribution in [0.4, 0.5) is 0 Å². The molecule has 1 fully saturated rings. The zero-order valence-electron chi connectivity index (χ0n) is 20.1. The number of benzene rings is 2. The Balaban J connectivity index is 1.59. The van der Waals surface area contributed by atoms with Crippen LogP contribution in [0.5, 0.6) is 11.5 Å². The number of rotatable bonds is 7. The number of phenols is 1. The molecule has 1 N–H and O–H groups in total. The number of likely N-dealkylation sites (tertiary alicyclic amines) is 1. The van der Waals surface area contributed by atoms with E-state index < -0.39 is 0 Å². The Bertz CT molecular complexity index is 1050. The Hall–Kier alpha value is -3.28. The van der Waals surface area contributed by atoms with Gasteiger partial charge in [-0.05, 0) is 48.6 Å². The van der Waals surface area contributed by atoms with Crippen LogP contribution in [0.2, 0.25) is 0 Å². The summed E-state index contributed by atoms with van der Waals surface area (Å²) in [5, 5.41) is 9.56. The lowest BCUT2D eigenvalue weighted by atomic mass is 9.82. The second-order valence-electron chi connectivity index (χ2n) is 9.08. The van der Waals surface area contributed by atoms with Crippen LogP contribution in [0.1, 0.15) is 56.2 Å². The number of carbonyl (C=O) groups is 2. The second-order valence-corrected chi connectivity index (χ2v) is 9.08. The van der Waals surface area contributed by atoms with E-state index in [0.717, 1.165) is 36.1 Å². The molecule has 1 saturated heterocycles. The summed E-state index contributed by atoms with van der Waals surface area (Å²) in [4.78, 5) is 30.7. The summed E-state index contributed by atoms with van der Waals surface area (Å²) < 4.78 is 5.64. The van der Waals surface area contributed by atoms with Gasteiger partial charge in [-0.25, -0.2) is 0 Å². The standard InChI is InChI=1S/C28H34N2O4/c1-3-4-17-30-26(32)14-13-24(27(30)23-7-5-6-8-25(23)34-2)28(33)29-18-15-21(16-19-29)20-9-11-22(31)12-10-20/h5-12,15,24,27,31H,3-4,13-14,16-19H2,1-2H3. The molecule has 2 aliphatic heterocycles. The van der Waals surface area contributed by atoms with Crippen LogP contribution in [-0.4, -0.2) is 53.5 Å². The Morgan fingerprint density at radius 2 is 1.88 bits per heavy atom. The summed E-state index contributed by atoms with van der Waals surface area (Å²) in [6.45, 7) is 3.95. The van der Waals surface area contributed by atoms with E-state index in [0.29, 0.717) is 32.5 Å². The highest BCUT2D eigenvalue weighted by atomic mass is 16.5. The summed E-state index contributed by atoms with van der Waals surface area (Å²) in [6, 6.07) is 14.6. The number of nitrogens with zero attached hydrogens (tertiary/aromatic N) is 2. The van der Waals surface area contributed by atoms with Gasteiger partial charge in [0.25, 0.3) is 0 Å². The van der Waals surface area contributed by atoms with Crippen molar-refractivity contribution in [3.8, 4) is 11.5 Å². The molecule has 2 unspecified atom stereocenters. The molecule has 2 amide bonds. The number of hydrogen-bond donors (Lipinski definition) is 1. The van der Waals surface area contributed by atoms with Gasteiger partial charge in [-0.3, -0.25) is 9.59 Å². The van der Waals surface area contributed by atoms with Gasteiger partial charge < -0.3 is 19.6 Å². The lowest BCUT2D eigenvalue weighted by Crippen LogP contribution is -2.50. The molecule has 0 radical (unpaired) electrons. The summed E-state index contributed by atoms with van der Waals surface area (Å²) in [7, 11) is 1.64. The molecule has 6 nitrogen and oxygen atoms in total. The number of ether oxygens (including phenoxy) is 1. The van der Waals surface area contributed by atoms with E-state index in [1.807, 2.05) is 46.2 Å². The van der Waals surface area contributed by atoms with Crippen LogP contribution in [0.3, 0.4) is 0 Å². The van der Waals surface area contributed by atoms with Gasteiger partial charge >= 0.3 is 0 Å². The molecule has 0 aromatic heterocycles. The monoisotopic (exact) mass is 462 g/mol. The van der Waals surface area contributed by atoms with E-state index in [1.165, 1.54) is 5.57 Å². The first-order valence-corrected chi connectivity index (χ1v) is 12.2. The maximum atomic E-state index is 13.8. The number of aromatic hydroxyl groups is 1. The maximum Gasteiger partial charge on any atom is 0.228 e.